The van der Waals surface area contributed by atoms with E-state index in [1.807, 2.05) is 37.3 Å². The highest BCUT2D eigenvalue weighted by molar-refractivity contribution is 7.92. The molecule has 5 nitrogen and oxygen atoms in total. The first-order valence-corrected chi connectivity index (χ1v) is 10.2. The summed E-state index contributed by atoms with van der Waals surface area (Å²) in [5, 5.41) is 0. The summed E-state index contributed by atoms with van der Waals surface area (Å²) >= 11 is 0. The fourth-order valence-electron chi connectivity index (χ4n) is 3.08. The van der Waals surface area contributed by atoms with Crippen LogP contribution in [0.2, 0.25) is 0 Å². The van der Waals surface area contributed by atoms with Crippen molar-refractivity contribution in [2.45, 2.75) is 18.7 Å². The van der Waals surface area contributed by atoms with Crippen molar-refractivity contribution in [1.82, 2.24) is 0 Å². The van der Waals surface area contributed by atoms with Crippen molar-refractivity contribution >= 4 is 15.7 Å². The lowest BCUT2D eigenvalue weighted by atomic mass is 10.0. The van der Waals surface area contributed by atoms with Crippen LogP contribution in [0.1, 0.15) is 11.1 Å². The third-order valence-electron chi connectivity index (χ3n) is 4.47. The van der Waals surface area contributed by atoms with Crippen LogP contribution in [0.15, 0.2) is 65.6 Å². The second-order valence-corrected chi connectivity index (χ2v) is 8.17. The zero-order valence-corrected chi connectivity index (χ0v) is 17.1. The molecule has 6 heteroatoms. The van der Waals surface area contributed by atoms with Crippen molar-refractivity contribution in [3.05, 3.63) is 71.8 Å². The van der Waals surface area contributed by atoms with Gasteiger partial charge in [-0.25, -0.2) is 8.42 Å². The van der Waals surface area contributed by atoms with Crippen molar-refractivity contribution in [2.24, 2.45) is 0 Å². The van der Waals surface area contributed by atoms with Crippen LogP contribution in [-0.4, -0.2) is 22.6 Å². The van der Waals surface area contributed by atoms with Crippen LogP contribution in [0.5, 0.6) is 11.5 Å². The molecular weight excluding hydrogens is 374 g/mol. The zero-order valence-electron chi connectivity index (χ0n) is 16.3. The van der Waals surface area contributed by atoms with E-state index in [0.29, 0.717) is 17.0 Å². The maximum absolute atomic E-state index is 12.9. The molecule has 3 aromatic carbocycles. The number of ether oxygens (including phenoxy) is 2. The summed E-state index contributed by atoms with van der Waals surface area (Å²) in [6.07, 6.45) is 0. The molecule has 0 heterocycles. The summed E-state index contributed by atoms with van der Waals surface area (Å²) in [5.74, 6) is 1.40. The number of benzene rings is 3. The Bertz CT molecular complexity index is 1090. The van der Waals surface area contributed by atoms with Gasteiger partial charge in [0.05, 0.1) is 19.1 Å². The Morgan fingerprint density at radius 2 is 1.54 bits per heavy atom. The van der Waals surface area contributed by atoms with Gasteiger partial charge in [-0.15, -0.1) is 0 Å². The molecule has 0 aromatic heterocycles. The first-order chi connectivity index (χ1) is 13.3. The summed E-state index contributed by atoms with van der Waals surface area (Å²) < 4.78 is 39.0. The molecule has 0 spiro atoms. The molecule has 3 rings (SSSR count). The van der Waals surface area contributed by atoms with Gasteiger partial charge < -0.3 is 9.47 Å². The molecule has 0 saturated heterocycles. The highest BCUT2D eigenvalue weighted by Crippen LogP contribution is 2.34. The molecule has 28 heavy (non-hydrogen) atoms. The van der Waals surface area contributed by atoms with Crippen LogP contribution in [0.3, 0.4) is 0 Å². The van der Waals surface area contributed by atoms with Gasteiger partial charge in [-0.1, -0.05) is 29.8 Å². The van der Waals surface area contributed by atoms with Crippen molar-refractivity contribution in [2.75, 3.05) is 18.9 Å². The predicted molar refractivity (Wildman–Crippen MR) is 112 cm³/mol. The molecule has 0 amide bonds. The van der Waals surface area contributed by atoms with Gasteiger partial charge in [0.2, 0.25) is 0 Å². The fourth-order valence-corrected chi connectivity index (χ4v) is 4.36. The molecule has 3 aromatic rings. The Kier molecular flexibility index (Phi) is 5.61. The van der Waals surface area contributed by atoms with E-state index in [2.05, 4.69) is 4.72 Å². The Balaban J connectivity index is 1.98. The number of hydrogen-bond acceptors (Lipinski definition) is 4. The molecule has 0 atom stereocenters. The summed E-state index contributed by atoms with van der Waals surface area (Å²) in [6.45, 7) is 3.72. The molecular formula is C22H23NO4S. The minimum absolute atomic E-state index is 0.264. The second kappa shape index (κ2) is 7.94. The Morgan fingerprint density at radius 3 is 2.14 bits per heavy atom. The summed E-state index contributed by atoms with van der Waals surface area (Å²) in [4.78, 5) is 0.264. The monoisotopic (exact) mass is 397 g/mol. The van der Waals surface area contributed by atoms with Gasteiger partial charge in [-0.3, -0.25) is 4.72 Å². The Hall–Kier alpha value is -2.99. The van der Waals surface area contributed by atoms with E-state index in [4.69, 9.17) is 9.47 Å². The quantitative estimate of drug-likeness (QED) is 0.650. The lowest BCUT2D eigenvalue weighted by molar-refractivity contribution is 0.414. The number of sulfonamides is 1. The minimum Gasteiger partial charge on any atom is -0.497 e. The molecule has 0 fully saturated rings. The van der Waals surface area contributed by atoms with Crippen LogP contribution in [0.25, 0.3) is 11.1 Å². The summed E-state index contributed by atoms with van der Waals surface area (Å²) in [6, 6.07) is 18.0. The van der Waals surface area contributed by atoms with Crippen molar-refractivity contribution in [3.8, 4) is 22.6 Å². The van der Waals surface area contributed by atoms with Gasteiger partial charge in [-0.2, -0.15) is 0 Å². The van der Waals surface area contributed by atoms with Crippen molar-refractivity contribution < 1.29 is 17.9 Å². The maximum atomic E-state index is 12.9. The average Bonchev–Trinajstić information content (AvgIpc) is 2.67. The number of nitrogens with one attached hydrogen (secondary N) is 1. The first-order valence-electron chi connectivity index (χ1n) is 8.76. The molecule has 0 radical (unpaired) electrons. The van der Waals surface area contributed by atoms with E-state index in [1.54, 1.807) is 51.5 Å². The van der Waals surface area contributed by atoms with E-state index in [9.17, 15) is 8.42 Å². The van der Waals surface area contributed by atoms with Gasteiger partial charge in [0, 0.05) is 11.3 Å². The van der Waals surface area contributed by atoms with Crippen LogP contribution in [0.4, 0.5) is 5.69 Å². The largest absolute Gasteiger partial charge is 0.497 e. The van der Waals surface area contributed by atoms with Crippen LogP contribution in [0, 0.1) is 13.8 Å². The number of rotatable bonds is 6. The van der Waals surface area contributed by atoms with Crippen LogP contribution < -0.4 is 14.2 Å². The van der Waals surface area contributed by atoms with Crippen LogP contribution >= 0.6 is 0 Å². The Morgan fingerprint density at radius 1 is 0.821 bits per heavy atom. The van der Waals surface area contributed by atoms with E-state index in [-0.39, 0.29) is 4.90 Å². The molecule has 1 N–H and O–H groups in total. The number of methoxy groups -OCH3 is 2. The van der Waals surface area contributed by atoms with Gasteiger partial charge >= 0.3 is 0 Å². The lowest BCUT2D eigenvalue weighted by Crippen LogP contribution is -2.14. The fraction of sp³-hybridized carbons (Fsp3) is 0.182. The van der Waals surface area contributed by atoms with Crippen molar-refractivity contribution in [3.63, 3.8) is 0 Å². The van der Waals surface area contributed by atoms with Crippen LogP contribution in [-0.2, 0) is 10.0 Å². The standard InChI is InChI=1S/C22H23NO4S/c1-15-5-12-22(16(2)13-15)28(24,25)23-18-8-11-21(27-4)20(14-18)17-6-9-19(26-3)10-7-17/h5-14,23H,1-4H3. The van der Waals surface area contributed by atoms with E-state index in [1.165, 1.54) is 0 Å². The summed E-state index contributed by atoms with van der Waals surface area (Å²) in [5.41, 5.74) is 3.86. The first kappa shape index (κ1) is 19.8. The van der Waals surface area contributed by atoms with E-state index < -0.39 is 10.0 Å². The molecule has 0 aliphatic heterocycles. The summed E-state index contributed by atoms with van der Waals surface area (Å²) in [7, 11) is -0.506. The number of anilines is 1. The van der Waals surface area contributed by atoms with Gasteiger partial charge in [0.1, 0.15) is 11.5 Å². The smallest absolute Gasteiger partial charge is 0.262 e. The molecule has 0 saturated carbocycles. The lowest BCUT2D eigenvalue weighted by Gasteiger charge is -2.14. The van der Waals surface area contributed by atoms with Gasteiger partial charge in [-0.05, 0) is 61.4 Å². The highest BCUT2D eigenvalue weighted by atomic mass is 32.2. The molecule has 146 valence electrons. The Labute approximate surface area is 166 Å². The maximum Gasteiger partial charge on any atom is 0.262 e. The molecule has 0 unspecified atom stereocenters. The van der Waals surface area contributed by atoms with Crippen molar-refractivity contribution in [1.29, 1.82) is 0 Å². The van der Waals surface area contributed by atoms with Gasteiger partial charge in [0.25, 0.3) is 10.0 Å². The van der Waals surface area contributed by atoms with E-state index >= 15 is 0 Å². The topological polar surface area (TPSA) is 64.6 Å². The number of hydrogen-bond donors (Lipinski definition) is 1. The highest BCUT2D eigenvalue weighted by Gasteiger charge is 2.18. The van der Waals surface area contributed by atoms with E-state index in [0.717, 1.165) is 22.4 Å². The molecule has 0 aliphatic carbocycles. The second-order valence-electron chi connectivity index (χ2n) is 6.52. The third-order valence-corrected chi connectivity index (χ3v) is 6.01. The normalized spacial score (nSPS) is 11.1. The zero-order chi connectivity index (χ0) is 20.3. The average molecular weight is 397 g/mol. The minimum atomic E-state index is -3.70. The molecule has 0 aliphatic rings. The molecule has 0 bridgehead atoms. The van der Waals surface area contributed by atoms with Gasteiger partial charge in [0.15, 0.2) is 0 Å². The SMILES string of the molecule is COc1ccc(-c2cc(NS(=O)(=O)c3ccc(C)cc3C)ccc2OC)cc1. The number of aryl methyl sites for hydroxylation is 2. The third kappa shape index (κ3) is 4.12. The predicted octanol–water partition coefficient (Wildman–Crippen LogP) is 4.79.